The van der Waals surface area contributed by atoms with Crippen LogP contribution in [0.25, 0.3) is 0 Å². The average Bonchev–Trinajstić information content (AvgIpc) is 3.14. The molecule has 0 bridgehead atoms. The zero-order chi connectivity index (χ0) is 14.7. The number of hydrogen-bond donors (Lipinski definition) is 1. The number of hydrogen-bond acceptors (Lipinski definition) is 4. The monoisotopic (exact) mass is 286 g/mol. The van der Waals surface area contributed by atoms with Crippen molar-refractivity contribution in [1.29, 1.82) is 0 Å². The topological polar surface area (TPSA) is 52.0 Å². The van der Waals surface area contributed by atoms with Crippen molar-refractivity contribution >= 4 is 0 Å². The Morgan fingerprint density at radius 3 is 2.95 bits per heavy atom. The lowest BCUT2D eigenvalue weighted by molar-refractivity contribution is 0.0899. The Morgan fingerprint density at radius 2 is 2.24 bits per heavy atom. The highest BCUT2D eigenvalue weighted by Gasteiger charge is 2.30. The molecule has 2 aromatic heterocycles. The maximum absolute atomic E-state index is 5.90. The summed E-state index contributed by atoms with van der Waals surface area (Å²) in [5, 5.41) is 7.86. The predicted octanol–water partition coefficient (Wildman–Crippen LogP) is 2.24. The number of pyridine rings is 1. The SMILES string of the molecule is C[C@H](NC[C@@H]1CCO[C@H]1c1cnn(C)c1)c1ccncc1. The van der Waals surface area contributed by atoms with Crippen molar-refractivity contribution in [2.75, 3.05) is 13.2 Å². The van der Waals surface area contributed by atoms with Crippen molar-refractivity contribution in [1.82, 2.24) is 20.1 Å². The Morgan fingerprint density at radius 1 is 1.43 bits per heavy atom. The van der Waals surface area contributed by atoms with Crippen LogP contribution in [0, 0.1) is 5.92 Å². The number of nitrogens with zero attached hydrogens (tertiary/aromatic N) is 3. The Hall–Kier alpha value is -1.72. The lowest BCUT2D eigenvalue weighted by Crippen LogP contribution is -2.27. The van der Waals surface area contributed by atoms with Crippen LogP contribution in [0.4, 0.5) is 0 Å². The van der Waals surface area contributed by atoms with Gasteiger partial charge in [-0.05, 0) is 31.0 Å². The molecule has 0 aliphatic carbocycles. The Kier molecular flexibility index (Phi) is 4.31. The average molecular weight is 286 g/mol. The molecule has 3 atom stereocenters. The van der Waals surface area contributed by atoms with Crippen LogP contribution in [0.15, 0.2) is 36.9 Å². The van der Waals surface area contributed by atoms with Gasteiger partial charge in [-0.2, -0.15) is 5.10 Å². The van der Waals surface area contributed by atoms with Crippen molar-refractivity contribution < 1.29 is 4.74 Å². The van der Waals surface area contributed by atoms with E-state index in [-0.39, 0.29) is 6.10 Å². The molecule has 3 heterocycles. The first-order valence-corrected chi connectivity index (χ1v) is 7.47. The van der Waals surface area contributed by atoms with Crippen LogP contribution in [-0.4, -0.2) is 27.9 Å². The normalized spacial score (nSPS) is 23.3. The maximum Gasteiger partial charge on any atom is 0.0896 e. The van der Waals surface area contributed by atoms with Crippen LogP contribution in [-0.2, 0) is 11.8 Å². The molecule has 0 amide bonds. The third kappa shape index (κ3) is 3.31. The van der Waals surface area contributed by atoms with Gasteiger partial charge in [-0.1, -0.05) is 0 Å². The predicted molar refractivity (Wildman–Crippen MR) is 80.7 cm³/mol. The van der Waals surface area contributed by atoms with E-state index in [1.165, 1.54) is 11.1 Å². The van der Waals surface area contributed by atoms with Gasteiger partial charge in [0.25, 0.3) is 0 Å². The molecule has 5 heteroatoms. The van der Waals surface area contributed by atoms with Crippen molar-refractivity contribution in [3.63, 3.8) is 0 Å². The van der Waals surface area contributed by atoms with Gasteiger partial charge in [0.15, 0.2) is 0 Å². The molecule has 1 aliphatic rings. The minimum Gasteiger partial charge on any atom is -0.373 e. The fourth-order valence-electron chi connectivity index (χ4n) is 2.90. The molecule has 1 N–H and O–H groups in total. The highest BCUT2D eigenvalue weighted by Crippen LogP contribution is 2.34. The minimum absolute atomic E-state index is 0.163. The third-order valence-electron chi connectivity index (χ3n) is 4.16. The minimum atomic E-state index is 0.163. The molecule has 1 saturated heterocycles. The zero-order valence-electron chi connectivity index (χ0n) is 12.6. The van der Waals surface area contributed by atoms with Crippen molar-refractivity contribution in [3.8, 4) is 0 Å². The fraction of sp³-hybridized carbons (Fsp3) is 0.500. The maximum atomic E-state index is 5.90. The van der Waals surface area contributed by atoms with E-state index in [0.717, 1.165) is 19.6 Å². The summed E-state index contributed by atoms with van der Waals surface area (Å²) in [6.45, 7) is 3.96. The molecule has 1 aliphatic heterocycles. The number of rotatable bonds is 5. The smallest absolute Gasteiger partial charge is 0.0896 e. The van der Waals surface area contributed by atoms with Gasteiger partial charge in [0.2, 0.25) is 0 Å². The van der Waals surface area contributed by atoms with E-state index in [1.54, 1.807) is 0 Å². The zero-order valence-corrected chi connectivity index (χ0v) is 12.6. The molecule has 0 unspecified atom stereocenters. The lowest BCUT2D eigenvalue weighted by Gasteiger charge is -2.21. The first-order valence-electron chi connectivity index (χ1n) is 7.47. The van der Waals surface area contributed by atoms with Gasteiger partial charge >= 0.3 is 0 Å². The van der Waals surface area contributed by atoms with Gasteiger partial charge in [-0.25, -0.2) is 0 Å². The molecule has 0 spiro atoms. The summed E-state index contributed by atoms with van der Waals surface area (Å²) in [5.41, 5.74) is 2.44. The number of nitrogens with one attached hydrogen (secondary N) is 1. The van der Waals surface area contributed by atoms with E-state index in [0.29, 0.717) is 12.0 Å². The molecular weight excluding hydrogens is 264 g/mol. The van der Waals surface area contributed by atoms with Gasteiger partial charge in [-0.3, -0.25) is 9.67 Å². The van der Waals surface area contributed by atoms with E-state index in [4.69, 9.17) is 4.74 Å². The van der Waals surface area contributed by atoms with E-state index < -0.39 is 0 Å². The lowest BCUT2D eigenvalue weighted by atomic mass is 9.96. The second-order valence-electron chi connectivity index (χ2n) is 5.70. The van der Waals surface area contributed by atoms with Gasteiger partial charge < -0.3 is 10.1 Å². The Balaban J connectivity index is 1.59. The van der Waals surface area contributed by atoms with Gasteiger partial charge in [0.05, 0.1) is 12.3 Å². The number of aryl methyl sites for hydroxylation is 1. The molecule has 0 radical (unpaired) electrons. The summed E-state index contributed by atoms with van der Waals surface area (Å²) in [5.74, 6) is 0.499. The molecule has 0 saturated carbocycles. The van der Waals surface area contributed by atoms with Crippen LogP contribution in [0.1, 0.15) is 36.6 Å². The second kappa shape index (κ2) is 6.37. The highest BCUT2D eigenvalue weighted by atomic mass is 16.5. The summed E-state index contributed by atoms with van der Waals surface area (Å²) in [6.07, 6.45) is 8.89. The first-order chi connectivity index (χ1) is 10.2. The van der Waals surface area contributed by atoms with E-state index in [1.807, 2.05) is 30.3 Å². The van der Waals surface area contributed by atoms with E-state index in [2.05, 4.69) is 40.7 Å². The standard InChI is InChI=1S/C16H22N4O/c1-12(13-3-6-17-7-4-13)18-9-14-5-8-21-16(14)15-10-19-20(2)11-15/h3-4,6-7,10-12,14,16,18H,5,8-9H2,1-2H3/t12-,14-,16+/m0/s1. The van der Waals surface area contributed by atoms with Gasteiger partial charge in [0, 0.05) is 56.3 Å². The molecule has 112 valence electrons. The molecular formula is C16H22N4O. The van der Waals surface area contributed by atoms with Crippen molar-refractivity contribution in [2.45, 2.75) is 25.5 Å². The molecule has 3 rings (SSSR count). The Bertz CT molecular complexity index is 569. The molecule has 0 aromatic carbocycles. The van der Waals surface area contributed by atoms with Crippen LogP contribution in [0.2, 0.25) is 0 Å². The summed E-state index contributed by atoms with van der Waals surface area (Å²) in [4.78, 5) is 4.06. The molecule has 21 heavy (non-hydrogen) atoms. The van der Waals surface area contributed by atoms with Crippen LogP contribution < -0.4 is 5.32 Å². The number of ether oxygens (including phenoxy) is 1. The Labute approximate surface area is 125 Å². The molecule has 5 nitrogen and oxygen atoms in total. The van der Waals surface area contributed by atoms with Gasteiger partial charge in [-0.15, -0.1) is 0 Å². The van der Waals surface area contributed by atoms with Crippen LogP contribution in [0.5, 0.6) is 0 Å². The van der Waals surface area contributed by atoms with Crippen LogP contribution >= 0.6 is 0 Å². The second-order valence-corrected chi connectivity index (χ2v) is 5.70. The molecule has 2 aromatic rings. The number of aromatic nitrogens is 3. The highest BCUT2D eigenvalue weighted by molar-refractivity contribution is 5.14. The first kappa shape index (κ1) is 14.2. The fourth-order valence-corrected chi connectivity index (χ4v) is 2.90. The quantitative estimate of drug-likeness (QED) is 0.916. The molecule has 1 fully saturated rings. The summed E-state index contributed by atoms with van der Waals surface area (Å²) < 4.78 is 7.73. The van der Waals surface area contributed by atoms with Gasteiger partial charge in [0.1, 0.15) is 0 Å². The largest absolute Gasteiger partial charge is 0.373 e. The van der Waals surface area contributed by atoms with Crippen LogP contribution in [0.3, 0.4) is 0 Å². The van der Waals surface area contributed by atoms with E-state index in [9.17, 15) is 0 Å². The third-order valence-corrected chi connectivity index (χ3v) is 4.16. The summed E-state index contributed by atoms with van der Waals surface area (Å²) >= 11 is 0. The van der Waals surface area contributed by atoms with Crippen molar-refractivity contribution in [2.24, 2.45) is 13.0 Å². The summed E-state index contributed by atoms with van der Waals surface area (Å²) in [7, 11) is 1.94. The summed E-state index contributed by atoms with van der Waals surface area (Å²) in [6, 6.07) is 4.44. The van der Waals surface area contributed by atoms with Crippen molar-refractivity contribution in [3.05, 3.63) is 48.0 Å². The van der Waals surface area contributed by atoms with E-state index >= 15 is 0 Å².